The van der Waals surface area contributed by atoms with Crippen molar-refractivity contribution in [2.24, 2.45) is 0 Å². The number of benzene rings is 1. The number of aromatic nitrogens is 2. The Morgan fingerprint density at radius 2 is 1.95 bits per heavy atom. The molecule has 0 unspecified atom stereocenters. The van der Waals surface area contributed by atoms with Crippen LogP contribution in [0.2, 0.25) is 0 Å². The summed E-state index contributed by atoms with van der Waals surface area (Å²) in [7, 11) is 0. The number of carbonyl (C=O) groups is 2. The van der Waals surface area contributed by atoms with E-state index in [4.69, 9.17) is 0 Å². The SMILES string of the molecule is CCn1ncc(C)c1NC(=O)CNC(=O)c1ccc(F)cc1. The van der Waals surface area contributed by atoms with E-state index in [9.17, 15) is 14.0 Å². The third-order valence-corrected chi connectivity index (χ3v) is 3.10. The molecule has 22 heavy (non-hydrogen) atoms. The highest BCUT2D eigenvalue weighted by Gasteiger charge is 2.12. The van der Waals surface area contributed by atoms with Gasteiger partial charge in [0.2, 0.25) is 5.91 Å². The Balaban J connectivity index is 1.91. The number of hydrogen-bond acceptors (Lipinski definition) is 3. The predicted octanol–water partition coefficient (Wildman–Crippen LogP) is 1.72. The van der Waals surface area contributed by atoms with Crippen LogP contribution in [0.25, 0.3) is 0 Å². The van der Waals surface area contributed by atoms with Crippen molar-refractivity contribution in [2.45, 2.75) is 20.4 Å². The van der Waals surface area contributed by atoms with Gasteiger partial charge in [-0.2, -0.15) is 5.10 Å². The zero-order valence-electron chi connectivity index (χ0n) is 12.4. The van der Waals surface area contributed by atoms with Gasteiger partial charge in [-0.05, 0) is 38.1 Å². The molecule has 0 bridgehead atoms. The topological polar surface area (TPSA) is 76.0 Å². The van der Waals surface area contributed by atoms with E-state index in [1.807, 2.05) is 13.8 Å². The number of rotatable bonds is 5. The van der Waals surface area contributed by atoms with Gasteiger partial charge in [0.1, 0.15) is 11.6 Å². The fourth-order valence-corrected chi connectivity index (χ4v) is 1.92. The average Bonchev–Trinajstić information content (AvgIpc) is 2.86. The summed E-state index contributed by atoms with van der Waals surface area (Å²) < 4.78 is 14.4. The second kappa shape index (κ2) is 6.84. The van der Waals surface area contributed by atoms with Gasteiger partial charge in [-0.1, -0.05) is 0 Å². The molecule has 1 aromatic heterocycles. The van der Waals surface area contributed by atoms with Crippen molar-refractivity contribution in [3.05, 3.63) is 47.4 Å². The van der Waals surface area contributed by atoms with Crippen LogP contribution in [0.3, 0.4) is 0 Å². The van der Waals surface area contributed by atoms with E-state index in [1.54, 1.807) is 10.9 Å². The zero-order valence-corrected chi connectivity index (χ0v) is 12.4. The standard InChI is InChI=1S/C15H17FN4O2/c1-3-20-14(10(2)8-18-20)19-13(21)9-17-15(22)11-4-6-12(16)7-5-11/h4-8H,3,9H2,1-2H3,(H,17,22)(H,19,21). The second-order valence-corrected chi connectivity index (χ2v) is 4.73. The second-order valence-electron chi connectivity index (χ2n) is 4.73. The molecule has 2 amide bonds. The van der Waals surface area contributed by atoms with E-state index in [0.717, 1.165) is 5.56 Å². The molecular formula is C15H17FN4O2. The molecule has 0 aliphatic rings. The quantitative estimate of drug-likeness (QED) is 0.883. The van der Waals surface area contributed by atoms with Gasteiger partial charge in [0, 0.05) is 17.7 Å². The molecule has 1 aromatic carbocycles. The fraction of sp³-hybridized carbons (Fsp3) is 0.267. The van der Waals surface area contributed by atoms with E-state index < -0.39 is 11.7 Å². The molecule has 0 radical (unpaired) electrons. The Morgan fingerprint density at radius 1 is 1.27 bits per heavy atom. The molecule has 0 spiro atoms. The Kier molecular flexibility index (Phi) is 4.88. The molecule has 0 saturated heterocycles. The van der Waals surface area contributed by atoms with Gasteiger partial charge in [0.05, 0.1) is 12.7 Å². The van der Waals surface area contributed by atoms with Crippen LogP contribution >= 0.6 is 0 Å². The largest absolute Gasteiger partial charge is 0.343 e. The highest BCUT2D eigenvalue weighted by atomic mass is 19.1. The number of anilines is 1. The smallest absolute Gasteiger partial charge is 0.251 e. The summed E-state index contributed by atoms with van der Waals surface area (Å²) in [5.41, 5.74) is 1.14. The molecule has 6 nitrogen and oxygen atoms in total. The zero-order chi connectivity index (χ0) is 16.1. The van der Waals surface area contributed by atoms with Crippen LogP contribution < -0.4 is 10.6 Å². The van der Waals surface area contributed by atoms with Crippen molar-refractivity contribution in [3.8, 4) is 0 Å². The van der Waals surface area contributed by atoms with Crippen molar-refractivity contribution in [1.82, 2.24) is 15.1 Å². The van der Waals surface area contributed by atoms with Gasteiger partial charge in [0.25, 0.3) is 5.91 Å². The molecule has 0 saturated carbocycles. The molecule has 2 N–H and O–H groups in total. The van der Waals surface area contributed by atoms with Crippen molar-refractivity contribution >= 4 is 17.6 Å². The van der Waals surface area contributed by atoms with Crippen LogP contribution in [-0.2, 0) is 11.3 Å². The summed E-state index contributed by atoms with van der Waals surface area (Å²) in [6.45, 7) is 4.21. The van der Waals surface area contributed by atoms with Gasteiger partial charge in [-0.15, -0.1) is 0 Å². The lowest BCUT2D eigenvalue weighted by Crippen LogP contribution is -2.33. The normalized spacial score (nSPS) is 10.3. The fourth-order valence-electron chi connectivity index (χ4n) is 1.92. The Morgan fingerprint density at radius 3 is 2.59 bits per heavy atom. The van der Waals surface area contributed by atoms with E-state index in [2.05, 4.69) is 15.7 Å². The number of carbonyl (C=O) groups excluding carboxylic acids is 2. The first kappa shape index (κ1) is 15.7. The molecular weight excluding hydrogens is 287 g/mol. The number of nitrogens with one attached hydrogen (secondary N) is 2. The van der Waals surface area contributed by atoms with E-state index in [0.29, 0.717) is 17.9 Å². The van der Waals surface area contributed by atoms with E-state index in [-0.39, 0.29) is 12.5 Å². The highest BCUT2D eigenvalue weighted by molar-refractivity contribution is 5.99. The first-order chi connectivity index (χ1) is 10.5. The Labute approximate surface area is 127 Å². The monoisotopic (exact) mass is 304 g/mol. The molecule has 0 aliphatic carbocycles. The van der Waals surface area contributed by atoms with Crippen molar-refractivity contribution in [1.29, 1.82) is 0 Å². The first-order valence-corrected chi connectivity index (χ1v) is 6.87. The number of halogens is 1. The predicted molar refractivity (Wildman–Crippen MR) is 80.0 cm³/mol. The third kappa shape index (κ3) is 3.69. The van der Waals surface area contributed by atoms with Gasteiger partial charge in [-0.25, -0.2) is 9.07 Å². The molecule has 116 valence electrons. The number of amides is 2. The minimum Gasteiger partial charge on any atom is -0.343 e. The lowest BCUT2D eigenvalue weighted by Gasteiger charge is -2.09. The lowest BCUT2D eigenvalue weighted by molar-refractivity contribution is -0.115. The maximum absolute atomic E-state index is 12.8. The van der Waals surface area contributed by atoms with Gasteiger partial charge in [0.15, 0.2) is 0 Å². The minimum atomic E-state index is -0.434. The summed E-state index contributed by atoms with van der Waals surface area (Å²) >= 11 is 0. The lowest BCUT2D eigenvalue weighted by atomic mass is 10.2. The third-order valence-electron chi connectivity index (χ3n) is 3.10. The van der Waals surface area contributed by atoms with Crippen LogP contribution in [0.5, 0.6) is 0 Å². The molecule has 0 fully saturated rings. The average molecular weight is 304 g/mol. The molecule has 0 aliphatic heterocycles. The Bertz CT molecular complexity index is 679. The van der Waals surface area contributed by atoms with E-state index >= 15 is 0 Å². The molecule has 7 heteroatoms. The van der Waals surface area contributed by atoms with E-state index in [1.165, 1.54) is 24.3 Å². The summed E-state index contributed by atoms with van der Waals surface area (Å²) in [6.07, 6.45) is 1.66. The van der Waals surface area contributed by atoms with Crippen LogP contribution in [0.1, 0.15) is 22.8 Å². The van der Waals surface area contributed by atoms with Crippen LogP contribution in [0, 0.1) is 12.7 Å². The van der Waals surface area contributed by atoms with Crippen LogP contribution in [0.15, 0.2) is 30.5 Å². The maximum Gasteiger partial charge on any atom is 0.251 e. The van der Waals surface area contributed by atoms with Gasteiger partial charge >= 0.3 is 0 Å². The molecule has 2 aromatic rings. The summed E-state index contributed by atoms with van der Waals surface area (Å²) in [5.74, 6) is -0.592. The van der Waals surface area contributed by atoms with Gasteiger partial charge < -0.3 is 10.6 Å². The molecule has 1 heterocycles. The number of aryl methyl sites for hydroxylation is 2. The summed E-state index contributed by atoms with van der Waals surface area (Å²) in [6, 6.07) is 5.11. The summed E-state index contributed by atoms with van der Waals surface area (Å²) in [5, 5.41) is 9.31. The Hall–Kier alpha value is -2.70. The van der Waals surface area contributed by atoms with Crippen molar-refractivity contribution in [3.63, 3.8) is 0 Å². The number of hydrogen-bond donors (Lipinski definition) is 2. The van der Waals surface area contributed by atoms with Crippen LogP contribution in [-0.4, -0.2) is 28.1 Å². The maximum atomic E-state index is 12.8. The highest BCUT2D eigenvalue weighted by Crippen LogP contribution is 2.13. The first-order valence-electron chi connectivity index (χ1n) is 6.87. The number of nitrogens with zero attached hydrogens (tertiary/aromatic N) is 2. The minimum absolute atomic E-state index is 0.176. The molecule has 0 atom stereocenters. The van der Waals surface area contributed by atoms with Crippen LogP contribution in [0.4, 0.5) is 10.2 Å². The van der Waals surface area contributed by atoms with Crippen molar-refractivity contribution < 1.29 is 14.0 Å². The van der Waals surface area contributed by atoms with Crippen molar-refractivity contribution in [2.75, 3.05) is 11.9 Å². The summed E-state index contributed by atoms with van der Waals surface area (Å²) in [4.78, 5) is 23.7. The molecule has 2 rings (SSSR count). The van der Waals surface area contributed by atoms with Gasteiger partial charge in [-0.3, -0.25) is 9.59 Å².